The van der Waals surface area contributed by atoms with Crippen LogP contribution in [0.2, 0.25) is 0 Å². The molecule has 1 saturated heterocycles. The molecule has 2 fully saturated rings. The lowest BCUT2D eigenvalue weighted by Gasteiger charge is -2.31. The third-order valence-electron chi connectivity index (χ3n) is 7.84. The van der Waals surface area contributed by atoms with E-state index in [4.69, 9.17) is 4.74 Å². The smallest absolute Gasteiger partial charge is 0.411 e. The number of hydrogen-bond donors (Lipinski definition) is 4. The van der Waals surface area contributed by atoms with Crippen molar-refractivity contribution in [2.75, 3.05) is 49.9 Å². The summed E-state index contributed by atoms with van der Waals surface area (Å²) in [4.78, 5) is 40.0. The van der Waals surface area contributed by atoms with E-state index < -0.39 is 6.09 Å². The van der Waals surface area contributed by atoms with Crippen LogP contribution in [0.5, 0.6) is 0 Å². The summed E-state index contributed by atoms with van der Waals surface area (Å²) in [6.07, 6.45) is 3.74. The van der Waals surface area contributed by atoms with Gasteiger partial charge in [0.2, 0.25) is 5.91 Å². The molecule has 3 aromatic carbocycles. The first-order valence-corrected chi connectivity index (χ1v) is 15.3. The van der Waals surface area contributed by atoms with E-state index in [1.54, 1.807) is 24.3 Å². The minimum absolute atomic E-state index is 0.100. The van der Waals surface area contributed by atoms with Crippen LogP contribution in [-0.2, 0) is 9.53 Å². The Bertz CT molecular complexity index is 1370. The molecule has 0 atom stereocenters. The molecule has 5 rings (SSSR count). The fraction of sp³-hybridized carbons (Fsp3) is 0.382. The van der Waals surface area contributed by atoms with E-state index in [0.717, 1.165) is 43.2 Å². The predicted molar refractivity (Wildman–Crippen MR) is 169 cm³/mol. The monoisotopic (exact) mass is 583 g/mol. The Morgan fingerprint density at radius 1 is 0.814 bits per heavy atom. The Labute approximate surface area is 253 Å². The first kappa shape index (κ1) is 30.3. The van der Waals surface area contributed by atoms with Gasteiger partial charge in [0, 0.05) is 56.0 Å². The highest BCUT2D eigenvalue weighted by atomic mass is 16.6. The number of hydrogen-bond acceptors (Lipinski definition) is 6. The largest absolute Gasteiger partial charge is 0.446 e. The lowest BCUT2D eigenvalue weighted by Crippen LogP contribution is -2.39. The summed E-state index contributed by atoms with van der Waals surface area (Å²) in [5, 5.41) is 12.1. The summed E-state index contributed by atoms with van der Waals surface area (Å²) in [6, 6.07) is 24.6. The zero-order chi connectivity index (χ0) is 29.9. The molecular weight excluding hydrogens is 542 g/mol. The summed E-state index contributed by atoms with van der Waals surface area (Å²) in [7, 11) is 0. The van der Waals surface area contributed by atoms with Gasteiger partial charge in [-0.1, -0.05) is 54.6 Å². The maximum absolute atomic E-state index is 12.7. The van der Waals surface area contributed by atoms with Crippen LogP contribution in [-0.4, -0.2) is 68.2 Å². The number of piperidine rings is 1. The summed E-state index contributed by atoms with van der Waals surface area (Å²) in [5.74, 6) is 0.560. The van der Waals surface area contributed by atoms with E-state index in [1.165, 1.54) is 12.8 Å². The number of anilines is 2. The van der Waals surface area contributed by atoms with Gasteiger partial charge in [-0.25, -0.2) is 4.79 Å². The van der Waals surface area contributed by atoms with Gasteiger partial charge in [0.25, 0.3) is 5.91 Å². The van der Waals surface area contributed by atoms with Crippen LogP contribution < -0.4 is 21.3 Å². The van der Waals surface area contributed by atoms with E-state index in [9.17, 15) is 14.4 Å². The second-order valence-electron chi connectivity index (χ2n) is 11.3. The molecule has 1 aliphatic carbocycles. The molecule has 3 aromatic rings. The Hall–Kier alpha value is -4.21. The van der Waals surface area contributed by atoms with Crippen molar-refractivity contribution in [2.45, 2.75) is 38.2 Å². The molecular formula is C34H41N5O4. The van der Waals surface area contributed by atoms with Crippen molar-refractivity contribution in [1.82, 2.24) is 15.5 Å². The lowest BCUT2D eigenvalue weighted by atomic mass is 10.0. The maximum Gasteiger partial charge on any atom is 0.411 e. The van der Waals surface area contributed by atoms with Crippen LogP contribution in [0.4, 0.5) is 16.2 Å². The number of benzene rings is 3. The van der Waals surface area contributed by atoms with Crippen molar-refractivity contribution in [3.8, 4) is 11.1 Å². The number of para-hydroxylation sites is 1. The number of nitrogens with zero attached hydrogens (tertiary/aromatic N) is 1. The molecule has 1 heterocycles. The lowest BCUT2D eigenvalue weighted by molar-refractivity contribution is -0.116. The minimum Gasteiger partial charge on any atom is -0.446 e. The fourth-order valence-corrected chi connectivity index (χ4v) is 5.22. The van der Waals surface area contributed by atoms with Crippen LogP contribution >= 0.6 is 0 Å². The van der Waals surface area contributed by atoms with Gasteiger partial charge in [0.1, 0.15) is 6.10 Å². The molecule has 9 heteroatoms. The van der Waals surface area contributed by atoms with Gasteiger partial charge >= 0.3 is 6.09 Å². The molecule has 9 nitrogen and oxygen atoms in total. The third-order valence-corrected chi connectivity index (χ3v) is 7.84. The summed E-state index contributed by atoms with van der Waals surface area (Å²) >= 11 is 0. The summed E-state index contributed by atoms with van der Waals surface area (Å²) in [6.45, 7) is 4.44. The van der Waals surface area contributed by atoms with Crippen molar-refractivity contribution in [3.05, 3.63) is 84.4 Å². The fourth-order valence-electron chi connectivity index (χ4n) is 5.22. The molecule has 3 amide bonds. The van der Waals surface area contributed by atoms with Crippen LogP contribution in [0.25, 0.3) is 11.1 Å². The Balaban J connectivity index is 0.990. The molecule has 1 saturated carbocycles. The average Bonchev–Trinajstić information content (AvgIpc) is 3.86. The van der Waals surface area contributed by atoms with E-state index in [0.29, 0.717) is 49.3 Å². The number of rotatable bonds is 13. The van der Waals surface area contributed by atoms with E-state index >= 15 is 0 Å². The number of carbonyl (C=O) groups is 3. The number of ether oxygens (including phenoxy) is 1. The topological polar surface area (TPSA) is 112 Å². The van der Waals surface area contributed by atoms with Crippen molar-refractivity contribution < 1.29 is 19.1 Å². The first-order chi connectivity index (χ1) is 21.0. The van der Waals surface area contributed by atoms with Crippen molar-refractivity contribution in [3.63, 3.8) is 0 Å². The normalized spacial score (nSPS) is 15.4. The molecule has 226 valence electrons. The number of nitrogens with one attached hydrogen (secondary N) is 4. The Morgan fingerprint density at radius 2 is 1.58 bits per heavy atom. The van der Waals surface area contributed by atoms with Crippen molar-refractivity contribution in [1.29, 1.82) is 0 Å². The molecule has 0 spiro atoms. The van der Waals surface area contributed by atoms with Crippen LogP contribution in [0.1, 0.15) is 42.5 Å². The van der Waals surface area contributed by atoms with Gasteiger partial charge < -0.3 is 25.6 Å². The summed E-state index contributed by atoms with van der Waals surface area (Å²) in [5.41, 5.74) is 3.81. The van der Waals surface area contributed by atoms with Gasteiger partial charge in [0.15, 0.2) is 0 Å². The highest BCUT2D eigenvalue weighted by Gasteiger charge is 2.23. The molecule has 0 aromatic heterocycles. The summed E-state index contributed by atoms with van der Waals surface area (Å²) < 4.78 is 5.73. The van der Waals surface area contributed by atoms with Gasteiger partial charge in [-0.05, 0) is 68.0 Å². The van der Waals surface area contributed by atoms with Crippen LogP contribution in [0, 0.1) is 5.92 Å². The molecule has 43 heavy (non-hydrogen) atoms. The van der Waals surface area contributed by atoms with Crippen molar-refractivity contribution >= 4 is 29.3 Å². The predicted octanol–water partition coefficient (Wildman–Crippen LogP) is 5.12. The zero-order valence-electron chi connectivity index (χ0n) is 24.5. The van der Waals surface area contributed by atoms with Crippen LogP contribution in [0.15, 0.2) is 78.9 Å². The number of amides is 3. The maximum atomic E-state index is 12.7. The SMILES string of the molecule is O=C(CCN1CCC(OC(=O)Nc2ccccc2-c2ccccc2)CC1)Nc1cccc(C(=O)NCCNCC2CC2)c1. The highest BCUT2D eigenvalue weighted by Crippen LogP contribution is 2.28. The van der Waals surface area contributed by atoms with E-state index in [1.807, 2.05) is 54.6 Å². The van der Waals surface area contributed by atoms with Gasteiger partial charge in [0.05, 0.1) is 5.69 Å². The standard InChI is InChI=1S/C34H41N5O4/c40-32(37-28-10-6-9-27(23-28)33(41)36-19-18-35-24-25-13-14-25)17-22-39-20-15-29(16-21-39)43-34(42)38-31-12-5-4-11-30(31)26-7-2-1-3-8-26/h1-12,23,25,29,35H,13-22,24H2,(H,36,41)(H,37,40)(H,38,42). The molecule has 4 N–H and O–H groups in total. The minimum atomic E-state index is -0.456. The average molecular weight is 584 g/mol. The second-order valence-corrected chi connectivity index (χ2v) is 11.3. The van der Waals surface area contributed by atoms with Gasteiger partial charge in [-0.2, -0.15) is 0 Å². The molecule has 0 radical (unpaired) electrons. The van der Waals surface area contributed by atoms with E-state index in [-0.39, 0.29) is 17.9 Å². The van der Waals surface area contributed by atoms with Gasteiger partial charge in [-0.3, -0.25) is 14.9 Å². The second kappa shape index (κ2) is 15.3. The highest BCUT2D eigenvalue weighted by molar-refractivity contribution is 5.97. The molecule has 2 aliphatic rings. The molecule has 0 unspecified atom stereocenters. The first-order valence-electron chi connectivity index (χ1n) is 15.3. The quantitative estimate of drug-likeness (QED) is 0.208. The van der Waals surface area contributed by atoms with Crippen LogP contribution in [0.3, 0.4) is 0 Å². The molecule has 0 bridgehead atoms. The zero-order valence-corrected chi connectivity index (χ0v) is 24.5. The number of carbonyl (C=O) groups excluding carboxylic acids is 3. The Kier molecular flexibility index (Phi) is 10.8. The number of likely N-dealkylation sites (tertiary alicyclic amines) is 1. The van der Waals surface area contributed by atoms with E-state index in [2.05, 4.69) is 26.2 Å². The van der Waals surface area contributed by atoms with Gasteiger partial charge in [-0.15, -0.1) is 0 Å². The molecule has 1 aliphatic heterocycles. The van der Waals surface area contributed by atoms with Crippen molar-refractivity contribution in [2.24, 2.45) is 5.92 Å². The Morgan fingerprint density at radius 3 is 2.37 bits per heavy atom. The third kappa shape index (κ3) is 9.66.